The van der Waals surface area contributed by atoms with Crippen LogP contribution < -0.4 is 16.0 Å². The third-order valence-corrected chi connectivity index (χ3v) is 2.48. The molecule has 5 nitrogen and oxygen atoms in total. The van der Waals surface area contributed by atoms with Crippen LogP contribution in [0.1, 0.15) is 0 Å². The van der Waals surface area contributed by atoms with Gasteiger partial charge in [0.25, 0.3) is 0 Å². The van der Waals surface area contributed by atoms with Gasteiger partial charge in [0.15, 0.2) is 0 Å². The lowest BCUT2D eigenvalue weighted by Gasteiger charge is -2.21. The minimum Gasteiger partial charge on any atom is -0.369 e. The zero-order chi connectivity index (χ0) is 13.7. The van der Waals surface area contributed by atoms with Crippen LogP contribution in [0.3, 0.4) is 0 Å². The molecule has 4 N–H and O–H groups in total. The number of carbonyl (C=O) groups is 1. The van der Waals surface area contributed by atoms with E-state index in [0.717, 1.165) is 4.90 Å². The molecule has 0 radical (unpaired) electrons. The fraction of sp³-hybridized carbons (Fsp3) is 0. The number of benzene rings is 2. The molecule has 19 heavy (non-hydrogen) atoms. The molecular formula is C14H14N4O. The molecule has 0 aliphatic heterocycles. The van der Waals surface area contributed by atoms with Crippen LogP contribution in [0.5, 0.6) is 0 Å². The maximum absolute atomic E-state index is 12.1. The first-order valence-corrected chi connectivity index (χ1v) is 5.73. The minimum atomic E-state index is -0.468. The number of para-hydroxylation sites is 2. The number of nitrogens with zero attached hydrogens (tertiary/aromatic N) is 1. The first-order chi connectivity index (χ1) is 9.18. The van der Waals surface area contributed by atoms with E-state index in [1.54, 1.807) is 36.4 Å². The third-order valence-electron chi connectivity index (χ3n) is 2.48. The monoisotopic (exact) mass is 254 g/mol. The Bertz CT molecular complexity index is 569. The lowest BCUT2D eigenvalue weighted by Crippen LogP contribution is -2.44. The second-order valence-electron chi connectivity index (χ2n) is 3.85. The van der Waals surface area contributed by atoms with Gasteiger partial charge >= 0.3 is 6.03 Å². The predicted molar refractivity (Wildman–Crippen MR) is 76.3 cm³/mol. The van der Waals surface area contributed by atoms with Crippen molar-refractivity contribution >= 4 is 23.4 Å². The molecule has 0 fully saturated rings. The zero-order valence-electron chi connectivity index (χ0n) is 10.2. The van der Waals surface area contributed by atoms with Crippen LogP contribution in [0.4, 0.5) is 16.2 Å². The van der Waals surface area contributed by atoms with Crippen molar-refractivity contribution in [1.29, 1.82) is 5.41 Å². The lowest BCUT2D eigenvalue weighted by molar-refractivity contribution is 0.259. The van der Waals surface area contributed by atoms with Gasteiger partial charge in [-0.3, -0.25) is 5.41 Å². The van der Waals surface area contributed by atoms with Gasteiger partial charge in [-0.1, -0.05) is 36.4 Å². The van der Waals surface area contributed by atoms with E-state index in [0.29, 0.717) is 11.4 Å². The molecule has 2 aromatic carbocycles. The second kappa shape index (κ2) is 5.68. The highest BCUT2D eigenvalue weighted by Gasteiger charge is 2.18. The van der Waals surface area contributed by atoms with Crippen molar-refractivity contribution < 1.29 is 4.79 Å². The van der Waals surface area contributed by atoms with Crippen LogP contribution in [0.25, 0.3) is 0 Å². The topological polar surface area (TPSA) is 82.2 Å². The fourth-order valence-electron chi connectivity index (χ4n) is 1.64. The summed E-state index contributed by atoms with van der Waals surface area (Å²) in [6.45, 7) is 0. The lowest BCUT2D eigenvalue weighted by atomic mass is 10.3. The van der Waals surface area contributed by atoms with Crippen LogP contribution in [-0.4, -0.2) is 12.0 Å². The molecule has 2 aromatic rings. The number of hydrogen-bond donors (Lipinski definition) is 3. The Hall–Kier alpha value is -2.82. The molecule has 0 aromatic heterocycles. The molecular weight excluding hydrogens is 240 g/mol. The van der Waals surface area contributed by atoms with Crippen molar-refractivity contribution in [3.8, 4) is 0 Å². The van der Waals surface area contributed by atoms with E-state index in [-0.39, 0.29) is 5.96 Å². The van der Waals surface area contributed by atoms with E-state index >= 15 is 0 Å². The van der Waals surface area contributed by atoms with E-state index in [1.807, 2.05) is 24.3 Å². The Balaban J connectivity index is 2.21. The SMILES string of the molecule is N=C(N)N(C(=O)Nc1ccccc1)c1ccccc1. The van der Waals surface area contributed by atoms with Gasteiger partial charge in [-0.2, -0.15) is 0 Å². The summed E-state index contributed by atoms with van der Waals surface area (Å²) in [7, 11) is 0. The smallest absolute Gasteiger partial charge is 0.333 e. The number of amides is 2. The highest BCUT2D eigenvalue weighted by molar-refractivity contribution is 6.18. The van der Waals surface area contributed by atoms with E-state index in [4.69, 9.17) is 11.1 Å². The summed E-state index contributed by atoms with van der Waals surface area (Å²) in [4.78, 5) is 13.3. The molecule has 0 heterocycles. The normalized spacial score (nSPS) is 9.68. The molecule has 0 aliphatic rings. The van der Waals surface area contributed by atoms with Crippen LogP contribution in [-0.2, 0) is 0 Å². The summed E-state index contributed by atoms with van der Waals surface area (Å²) in [6, 6.07) is 17.4. The van der Waals surface area contributed by atoms with Gasteiger partial charge in [0, 0.05) is 5.69 Å². The predicted octanol–water partition coefficient (Wildman–Crippen LogP) is 2.62. The van der Waals surface area contributed by atoms with Crippen molar-refractivity contribution in [3.63, 3.8) is 0 Å². The number of anilines is 2. The number of nitrogens with two attached hydrogens (primary N) is 1. The Labute approximate surface area is 111 Å². The van der Waals surface area contributed by atoms with Gasteiger partial charge in [0.2, 0.25) is 5.96 Å². The zero-order valence-corrected chi connectivity index (χ0v) is 10.2. The second-order valence-corrected chi connectivity index (χ2v) is 3.85. The summed E-state index contributed by atoms with van der Waals surface area (Å²) >= 11 is 0. The van der Waals surface area contributed by atoms with Gasteiger partial charge in [-0.05, 0) is 24.3 Å². The van der Waals surface area contributed by atoms with Gasteiger partial charge in [0.1, 0.15) is 0 Å². The third kappa shape index (κ3) is 3.10. The number of carbonyl (C=O) groups excluding carboxylic acids is 1. The molecule has 0 atom stereocenters. The van der Waals surface area contributed by atoms with E-state index in [2.05, 4.69) is 5.32 Å². The van der Waals surface area contributed by atoms with Crippen molar-refractivity contribution in [2.75, 3.05) is 10.2 Å². The van der Waals surface area contributed by atoms with Gasteiger partial charge in [0.05, 0.1) is 5.69 Å². The van der Waals surface area contributed by atoms with Crippen molar-refractivity contribution in [1.82, 2.24) is 0 Å². The summed E-state index contributed by atoms with van der Waals surface area (Å²) in [6.07, 6.45) is 0. The Morgan fingerprint density at radius 3 is 2.05 bits per heavy atom. The molecule has 5 heteroatoms. The molecule has 2 rings (SSSR count). The highest BCUT2D eigenvalue weighted by atomic mass is 16.2. The molecule has 0 aliphatic carbocycles. The number of hydrogen-bond acceptors (Lipinski definition) is 2. The quantitative estimate of drug-likeness (QED) is 0.568. The number of urea groups is 1. The molecule has 2 amide bonds. The molecule has 0 saturated carbocycles. The largest absolute Gasteiger partial charge is 0.369 e. The Kier molecular flexibility index (Phi) is 3.78. The number of nitrogens with one attached hydrogen (secondary N) is 2. The molecule has 0 saturated heterocycles. The standard InChI is InChI=1S/C14H14N4O/c15-13(16)18(12-9-5-2-6-10-12)14(19)17-11-7-3-1-4-8-11/h1-10H,(H3,15,16)(H,17,19). The highest BCUT2D eigenvalue weighted by Crippen LogP contribution is 2.15. The molecule has 0 spiro atoms. The number of guanidine groups is 1. The van der Waals surface area contributed by atoms with E-state index < -0.39 is 6.03 Å². The Morgan fingerprint density at radius 2 is 1.53 bits per heavy atom. The average molecular weight is 254 g/mol. The number of rotatable bonds is 2. The first kappa shape index (κ1) is 12.6. The van der Waals surface area contributed by atoms with E-state index in [1.165, 1.54) is 0 Å². The van der Waals surface area contributed by atoms with Crippen molar-refractivity contribution in [2.45, 2.75) is 0 Å². The van der Waals surface area contributed by atoms with Crippen LogP contribution in [0.2, 0.25) is 0 Å². The summed E-state index contributed by atoms with van der Waals surface area (Å²) < 4.78 is 0. The Morgan fingerprint density at radius 1 is 1.00 bits per heavy atom. The fourth-order valence-corrected chi connectivity index (χ4v) is 1.64. The van der Waals surface area contributed by atoms with Crippen LogP contribution in [0.15, 0.2) is 60.7 Å². The minimum absolute atomic E-state index is 0.334. The average Bonchev–Trinajstić information content (AvgIpc) is 2.40. The van der Waals surface area contributed by atoms with Gasteiger partial charge in [-0.15, -0.1) is 0 Å². The maximum Gasteiger partial charge on any atom is 0.333 e. The van der Waals surface area contributed by atoms with Crippen LogP contribution >= 0.6 is 0 Å². The van der Waals surface area contributed by atoms with Gasteiger partial charge < -0.3 is 11.1 Å². The summed E-state index contributed by atoms with van der Waals surface area (Å²) in [5.41, 5.74) is 6.66. The van der Waals surface area contributed by atoms with Gasteiger partial charge in [-0.25, -0.2) is 9.69 Å². The molecule has 0 unspecified atom stereocenters. The van der Waals surface area contributed by atoms with Crippen molar-refractivity contribution in [2.24, 2.45) is 5.73 Å². The van der Waals surface area contributed by atoms with E-state index in [9.17, 15) is 4.79 Å². The first-order valence-electron chi connectivity index (χ1n) is 5.73. The van der Waals surface area contributed by atoms with Crippen molar-refractivity contribution in [3.05, 3.63) is 60.7 Å². The van der Waals surface area contributed by atoms with Crippen LogP contribution in [0, 0.1) is 5.41 Å². The maximum atomic E-state index is 12.1. The summed E-state index contributed by atoms with van der Waals surface area (Å²) in [5, 5.41) is 10.2. The summed E-state index contributed by atoms with van der Waals surface area (Å²) in [5.74, 6) is -0.334. The molecule has 0 bridgehead atoms. The molecule has 96 valence electrons.